The maximum atomic E-state index is 12.3. The van der Waals surface area contributed by atoms with Crippen LogP contribution in [0.25, 0.3) is 0 Å². The maximum Gasteiger partial charge on any atom is 0.227 e. The van der Waals surface area contributed by atoms with Gasteiger partial charge in [-0.05, 0) is 30.5 Å². The lowest BCUT2D eigenvalue weighted by Crippen LogP contribution is -2.39. The molecule has 0 bridgehead atoms. The molecule has 2 atom stereocenters. The van der Waals surface area contributed by atoms with Crippen molar-refractivity contribution in [1.29, 1.82) is 0 Å². The lowest BCUT2D eigenvalue weighted by atomic mass is 10.0. The molecule has 3 nitrogen and oxygen atoms in total. The molecular formula is C14H18Cl2N2O. The Hall–Kier alpha value is -0.770. The van der Waals surface area contributed by atoms with Crippen LogP contribution in [0, 0.1) is 5.92 Å². The van der Waals surface area contributed by atoms with Crippen LogP contribution in [0.1, 0.15) is 24.8 Å². The highest BCUT2D eigenvalue weighted by atomic mass is 35.5. The van der Waals surface area contributed by atoms with E-state index in [1.165, 1.54) is 0 Å². The summed E-state index contributed by atoms with van der Waals surface area (Å²) in [6.07, 6.45) is 2.88. The highest BCUT2D eigenvalue weighted by Gasteiger charge is 2.32. The van der Waals surface area contributed by atoms with Crippen molar-refractivity contribution in [3.05, 3.63) is 33.8 Å². The van der Waals surface area contributed by atoms with Crippen LogP contribution in [0.3, 0.4) is 0 Å². The standard InChI is InChI=1S/C14H18Cl2N2O/c1-18(14(19)10-3-2-4-13(10)17)8-9-5-6-11(15)12(16)7-9/h5-7,10,13H,2-4,8,17H2,1H3. The van der Waals surface area contributed by atoms with Crippen LogP contribution in [0.4, 0.5) is 0 Å². The van der Waals surface area contributed by atoms with Gasteiger partial charge in [0.25, 0.3) is 0 Å². The topological polar surface area (TPSA) is 46.3 Å². The Morgan fingerprint density at radius 1 is 1.37 bits per heavy atom. The fraction of sp³-hybridized carbons (Fsp3) is 0.500. The van der Waals surface area contributed by atoms with E-state index in [-0.39, 0.29) is 17.9 Å². The second-order valence-corrected chi connectivity index (χ2v) is 5.96. The van der Waals surface area contributed by atoms with E-state index in [0.717, 1.165) is 24.8 Å². The summed E-state index contributed by atoms with van der Waals surface area (Å²) in [5.41, 5.74) is 6.94. The van der Waals surface area contributed by atoms with Gasteiger partial charge < -0.3 is 10.6 Å². The predicted molar refractivity (Wildman–Crippen MR) is 78.3 cm³/mol. The number of hydrogen-bond donors (Lipinski definition) is 1. The van der Waals surface area contributed by atoms with Gasteiger partial charge >= 0.3 is 0 Å². The molecule has 1 aromatic carbocycles. The molecule has 1 aliphatic carbocycles. The molecule has 0 saturated heterocycles. The first-order valence-electron chi connectivity index (χ1n) is 6.43. The first-order chi connectivity index (χ1) is 8.99. The summed E-state index contributed by atoms with van der Waals surface area (Å²) in [7, 11) is 1.80. The SMILES string of the molecule is CN(Cc1ccc(Cl)c(Cl)c1)C(=O)C1CCCC1N. The second kappa shape index (κ2) is 6.12. The summed E-state index contributed by atoms with van der Waals surface area (Å²) >= 11 is 11.8. The largest absolute Gasteiger partial charge is 0.341 e. The summed E-state index contributed by atoms with van der Waals surface area (Å²) in [5, 5.41) is 1.04. The van der Waals surface area contributed by atoms with Crippen LogP contribution >= 0.6 is 23.2 Å². The Labute approximate surface area is 123 Å². The Kier molecular flexibility index (Phi) is 4.71. The van der Waals surface area contributed by atoms with Crippen molar-refractivity contribution >= 4 is 29.1 Å². The van der Waals surface area contributed by atoms with Crippen molar-refractivity contribution in [3.8, 4) is 0 Å². The van der Waals surface area contributed by atoms with Crippen LogP contribution in [-0.4, -0.2) is 23.9 Å². The minimum Gasteiger partial charge on any atom is -0.341 e. The van der Waals surface area contributed by atoms with Gasteiger partial charge in [-0.3, -0.25) is 4.79 Å². The molecule has 1 saturated carbocycles. The molecule has 0 radical (unpaired) electrons. The molecular weight excluding hydrogens is 283 g/mol. The molecule has 104 valence electrons. The highest BCUT2D eigenvalue weighted by Crippen LogP contribution is 2.27. The van der Waals surface area contributed by atoms with Crippen LogP contribution in [0.2, 0.25) is 10.0 Å². The van der Waals surface area contributed by atoms with Gasteiger partial charge in [0.2, 0.25) is 5.91 Å². The number of hydrogen-bond acceptors (Lipinski definition) is 2. The Morgan fingerprint density at radius 3 is 2.68 bits per heavy atom. The minimum absolute atomic E-state index is 0.00348. The third kappa shape index (κ3) is 3.41. The van der Waals surface area contributed by atoms with Gasteiger partial charge in [-0.25, -0.2) is 0 Å². The molecule has 0 aromatic heterocycles. The maximum absolute atomic E-state index is 12.3. The van der Waals surface area contributed by atoms with Crippen molar-refractivity contribution in [3.63, 3.8) is 0 Å². The van der Waals surface area contributed by atoms with Gasteiger partial charge in [-0.2, -0.15) is 0 Å². The molecule has 1 amide bonds. The van der Waals surface area contributed by atoms with Crippen molar-refractivity contribution in [1.82, 2.24) is 4.90 Å². The number of nitrogens with zero attached hydrogens (tertiary/aromatic N) is 1. The third-order valence-corrected chi connectivity index (χ3v) is 4.41. The summed E-state index contributed by atoms with van der Waals surface area (Å²) in [4.78, 5) is 14.0. The van der Waals surface area contributed by atoms with E-state index >= 15 is 0 Å². The summed E-state index contributed by atoms with van der Waals surface area (Å²) < 4.78 is 0. The van der Waals surface area contributed by atoms with Crippen molar-refractivity contribution in [2.45, 2.75) is 31.8 Å². The highest BCUT2D eigenvalue weighted by molar-refractivity contribution is 6.42. The molecule has 2 unspecified atom stereocenters. The van der Waals surface area contributed by atoms with E-state index in [1.807, 2.05) is 6.07 Å². The summed E-state index contributed by atoms with van der Waals surface area (Å²) in [5.74, 6) is 0.0869. The number of benzene rings is 1. The van der Waals surface area contributed by atoms with Crippen molar-refractivity contribution < 1.29 is 4.79 Å². The molecule has 0 spiro atoms. The van der Waals surface area contributed by atoms with E-state index in [1.54, 1.807) is 24.1 Å². The monoisotopic (exact) mass is 300 g/mol. The van der Waals surface area contributed by atoms with E-state index < -0.39 is 0 Å². The minimum atomic E-state index is -0.0345. The number of nitrogens with two attached hydrogens (primary N) is 1. The second-order valence-electron chi connectivity index (χ2n) is 5.14. The van der Waals surface area contributed by atoms with Crippen molar-refractivity contribution in [2.75, 3.05) is 7.05 Å². The van der Waals surface area contributed by atoms with Gasteiger partial charge in [-0.15, -0.1) is 0 Å². The Bertz CT molecular complexity index is 479. The van der Waals surface area contributed by atoms with Gasteiger partial charge in [0, 0.05) is 19.6 Å². The average Bonchev–Trinajstić information content (AvgIpc) is 2.79. The quantitative estimate of drug-likeness (QED) is 0.932. The summed E-state index contributed by atoms with van der Waals surface area (Å²) in [6.45, 7) is 0.527. The molecule has 1 aliphatic rings. The average molecular weight is 301 g/mol. The van der Waals surface area contributed by atoms with Gasteiger partial charge in [0.05, 0.1) is 16.0 Å². The fourth-order valence-electron chi connectivity index (χ4n) is 2.57. The number of carbonyl (C=O) groups excluding carboxylic acids is 1. The molecule has 1 fully saturated rings. The Balaban J connectivity index is 2.01. The van der Waals surface area contributed by atoms with Crippen LogP contribution in [0.5, 0.6) is 0 Å². The smallest absolute Gasteiger partial charge is 0.227 e. The van der Waals surface area contributed by atoms with Crippen LogP contribution in [-0.2, 0) is 11.3 Å². The van der Waals surface area contributed by atoms with Crippen molar-refractivity contribution in [2.24, 2.45) is 11.7 Å². The number of amides is 1. The number of carbonyl (C=O) groups is 1. The molecule has 2 N–H and O–H groups in total. The predicted octanol–water partition coefficient (Wildman–Crippen LogP) is 3.08. The molecule has 0 heterocycles. The van der Waals surface area contributed by atoms with E-state index in [9.17, 15) is 4.79 Å². The zero-order valence-electron chi connectivity index (χ0n) is 10.9. The first-order valence-corrected chi connectivity index (χ1v) is 7.19. The lowest BCUT2D eigenvalue weighted by molar-refractivity contribution is -0.134. The molecule has 5 heteroatoms. The number of rotatable bonds is 3. The molecule has 0 aliphatic heterocycles. The van der Waals surface area contributed by atoms with Crippen LogP contribution in [0.15, 0.2) is 18.2 Å². The molecule has 1 aromatic rings. The van der Waals surface area contributed by atoms with Gasteiger partial charge in [0.1, 0.15) is 0 Å². The van der Waals surface area contributed by atoms with E-state index in [4.69, 9.17) is 28.9 Å². The number of halogens is 2. The summed E-state index contributed by atoms with van der Waals surface area (Å²) in [6, 6.07) is 5.43. The van der Waals surface area contributed by atoms with Crippen LogP contribution < -0.4 is 5.73 Å². The van der Waals surface area contributed by atoms with E-state index in [0.29, 0.717) is 16.6 Å². The molecule has 2 rings (SSSR count). The molecule has 19 heavy (non-hydrogen) atoms. The third-order valence-electron chi connectivity index (χ3n) is 3.67. The normalized spacial score (nSPS) is 22.5. The van der Waals surface area contributed by atoms with E-state index in [2.05, 4.69) is 0 Å². The zero-order valence-corrected chi connectivity index (χ0v) is 12.4. The first kappa shape index (κ1) is 14.6. The van der Waals surface area contributed by atoms with Gasteiger partial charge in [0.15, 0.2) is 0 Å². The fourth-order valence-corrected chi connectivity index (χ4v) is 2.89. The lowest BCUT2D eigenvalue weighted by Gasteiger charge is -2.23. The zero-order chi connectivity index (χ0) is 14.0. The van der Waals surface area contributed by atoms with Gasteiger partial charge in [-0.1, -0.05) is 35.7 Å². The Morgan fingerprint density at radius 2 is 2.11 bits per heavy atom.